The maximum Gasteiger partial charge on any atom is 0.515 e. The van der Waals surface area contributed by atoms with E-state index < -0.39 is 6.16 Å². The lowest BCUT2D eigenvalue weighted by Crippen LogP contribution is -2.10. The van der Waals surface area contributed by atoms with Gasteiger partial charge < -0.3 is 19.6 Å². The third-order valence-corrected chi connectivity index (χ3v) is 2.38. The van der Waals surface area contributed by atoms with E-state index in [0.29, 0.717) is 15.9 Å². The molecule has 1 heterocycles. The van der Waals surface area contributed by atoms with Crippen molar-refractivity contribution in [3.8, 4) is 11.6 Å². The Morgan fingerprint density at radius 1 is 1.53 bits per heavy atom. The number of carbonyl (C=O) groups is 1. The van der Waals surface area contributed by atoms with Crippen molar-refractivity contribution in [2.75, 3.05) is 6.61 Å². The Morgan fingerprint density at radius 2 is 2.29 bits per heavy atom. The molecule has 0 aliphatic rings. The number of ether oxygens (including phenoxy) is 2. The Bertz CT molecular complexity index is 564. The molecule has 5 nitrogen and oxygen atoms in total. The van der Waals surface area contributed by atoms with E-state index >= 15 is 0 Å². The maximum atomic E-state index is 11.1. The van der Waals surface area contributed by atoms with Gasteiger partial charge in [0.25, 0.3) is 0 Å². The molecule has 0 aliphatic heterocycles. The van der Waals surface area contributed by atoms with Gasteiger partial charge in [-0.3, -0.25) is 0 Å². The number of aromatic amines is 1. The van der Waals surface area contributed by atoms with Crippen LogP contribution in [0.15, 0.2) is 18.2 Å². The number of hydrogen-bond acceptors (Lipinski definition) is 4. The zero-order valence-corrected chi connectivity index (χ0v) is 9.75. The summed E-state index contributed by atoms with van der Waals surface area (Å²) in [5.74, 6) is -0.226. The second-order valence-electron chi connectivity index (χ2n) is 3.28. The fourth-order valence-electron chi connectivity index (χ4n) is 1.43. The van der Waals surface area contributed by atoms with Gasteiger partial charge in [0.1, 0.15) is 0 Å². The van der Waals surface area contributed by atoms with E-state index in [1.807, 2.05) is 0 Å². The first-order valence-electron chi connectivity index (χ1n) is 4.96. The Hall–Kier alpha value is -1.88. The van der Waals surface area contributed by atoms with E-state index in [2.05, 4.69) is 9.72 Å². The number of nitrogens with one attached hydrogen (secondary N) is 1. The summed E-state index contributed by atoms with van der Waals surface area (Å²) in [5.41, 5.74) is 0.617. The van der Waals surface area contributed by atoms with Gasteiger partial charge in [0, 0.05) is 10.4 Å². The van der Waals surface area contributed by atoms with Crippen LogP contribution in [0.3, 0.4) is 0 Å². The van der Waals surface area contributed by atoms with Gasteiger partial charge >= 0.3 is 6.16 Å². The Balaban J connectivity index is 2.35. The van der Waals surface area contributed by atoms with Crippen LogP contribution in [0.4, 0.5) is 4.79 Å². The Kier molecular flexibility index (Phi) is 3.10. The van der Waals surface area contributed by atoms with Gasteiger partial charge in [-0.1, -0.05) is 11.6 Å². The quantitative estimate of drug-likeness (QED) is 0.809. The number of carbonyl (C=O) groups excluding carboxylic acids is 1. The van der Waals surface area contributed by atoms with Crippen molar-refractivity contribution < 1.29 is 19.4 Å². The summed E-state index contributed by atoms with van der Waals surface area (Å²) >= 11 is 5.80. The lowest BCUT2D eigenvalue weighted by Gasteiger charge is -2.01. The molecule has 0 saturated carbocycles. The maximum absolute atomic E-state index is 11.1. The number of hydrogen-bond donors (Lipinski definition) is 2. The van der Waals surface area contributed by atoms with Gasteiger partial charge in [-0.15, -0.1) is 0 Å². The number of fused-ring (bicyclic) bond motifs is 1. The van der Waals surface area contributed by atoms with Crippen LogP contribution in [0.2, 0.25) is 5.02 Å². The average molecular weight is 256 g/mol. The van der Waals surface area contributed by atoms with Gasteiger partial charge in [0.15, 0.2) is 5.75 Å². The van der Waals surface area contributed by atoms with Crippen LogP contribution in [-0.4, -0.2) is 22.9 Å². The molecule has 0 bridgehead atoms. The van der Waals surface area contributed by atoms with Crippen molar-refractivity contribution in [2.24, 2.45) is 0 Å². The first kappa shape index (κ1) is 11.6. The minimum atomic E-state index is -0.875. The van der Waals surface area contributed by atoms with Crippen molar-refractivity contribution in [3.63, 3.8) is 0 Å². The average Bonchev–Trinajstić information content (AvgIpc) is 2.57. The highest BCUT2D eigenvalue weighted by Gasteiger charge is 2.15. The molecule has 0 amide bonds. The van der Waals surface area contributed by atoms with Gasteiger partial charge in [0.2, 0.25) is 5.88 Å². The SMILES string of the molecule is CCOC(=O)Oc1[nH]c2ccc(Cl)cc2c1O. The van der Waals surface area contributed by atoms with E-state index in [1.54, 1.807) is 25.1 Å². The van der Waals surface area contributed by atoms with Gasteiger partial charge in [-0.2, -0.15) is 0 Å². The fourth-order valence-corrected chi connectivity index (χ4v) is 1.60. The molecule has 6 heteroatoms. The summed E-state index contributed by atoms with van der Waals surface area (Å²) in [4.78, 5) is 13.9. The summed E-state index contributed by atoms with van der Waals surface area (Å²) in [6.07, 6.45) is -0.875. The van der Waals surface area contributed by atoms with E-state index in [4.69, 9.17) is 16.3 Å². The molecule has 90 valence electrons. The molecule has 0 fully saturated rings. The van der Waals surface area contributed by atoms with Crippen LogP contribution in [-0.2, 0) is 4.74 Å². The van der Waals surface area contributed by atoms with Crippen molar-refractivity contribution in [1.82, 2.24) is 4.98 Å². The van der Waals surface area contributed by atoms with Crippen LogP contribution < -0.4 is 4.74 Å². The van der Waals surface area contributed by atoms with E-state index in [1.165, 1.54) is 0 Å². The third kappa shape index (κ3) is 2.29. The second-order valence-corrected chi connectivity index (χ2v) is 3.71. The molecule has 0 spiro atoms. The molecule has 0 unspecified atom stereocenters. The molecule has 2 N–H and O–H groups in total. The van der Waals surface area contributed by atoms with E-state index in [9.17, 15) is 9.90 Å². The van der Waals surface area contributed by atoms with Gasteiger partial charge in [-0.05, 0) is 25.1 Å². The third-order valence-electron chi connectivity index (χ3n) is 2.15. The largest absolute Gasteiger partial charge is 0.515 e. The molecular formula is C11H10ClNO4. The summed E-state index contributed by atoms with van der Waals surface area (Å²) in [6, 6.07) is 4.91. The summed E-state index contributed by atoms with van der Waals surface area (Å²) in [6.45, 7) is 1.86. The monoisotopic (exact) mass is 255 g/mol. The van der Waals surface area contributed by atoms with Crippen molar-refractivity contribution >= 4 is 28.7 Å². The topological polar surface area (TPSA) is 71.5 Å². The normalized spacial score (nSPS) is 10.5. The predicted molar refractivity (Wildman–Crippen MR) is 62.6 cm³/mol. The van der Waals surface area contributed by atoms with Crippen LogP contribution in [0.25, 0.3) is 10.9 Å². The highest BCUT2D eigenvalue weighted by atomic mass is 35.5. The molecule has 17 heavy (non-hydrogen) atoms. The molecule has 1 aromatic carbocycles. The molecule has 0 saturated heterocycles. The minimum absolute atomic E-state index is 0.0549. The summed E-state index contributed by atoms with van der Waals surface area (Å²) in [7, 11) is 0. The van der Waals surface area contributed by atoms with Gasteiger partial charge in [0.05, 0.1) is 12.1 Å². The molecule has 2 aromatic rings. The lowest BCUT2D eigenvalue weighted by molar-refractivity contribution is 0.102. The Labute approximate surface area is 102 Å². The Morgan fingerprint density at radius 3 is 3.00 bits per heavy atom. The molecule has 0 atom stereocenters. The number of halogens is 1. The molecule has 0 radical (unpaired) electrons. The highest BCUT2D eigenvalue weighted by molar-refractivity contribution is 6.31. The molecular weight excluding hydrogens is 246 g/mol. The zero-order valence-electron chi connectivity index (χ0n) is 8.99. The fraction of sp³-hybridized carbons (Fsp3) is 0.182. The molecule has 0 aliphatic carbocycles. The highest BCUT2D eigenvalue weighted by Crippen LogP contribution is 2.36. The number of aromatic hydroxyl groups is 1. The van der Waals surface area contributed by atoms with Crippen molar-refractivity contribution in [2.45, 2.75) is 6.92 Å². The van der Waals surface area contributed by atoms with E-state index in [-0.39, 0.29) is 18.2 Å². The predicted octanol–water partition coefficient (Wildman–Crippen LogP) is 3.06. The van der Waals surface area contributed by atoms with Crippen LogP contribution in [0, 0.1) is 0 Å². The van der Waals surface area contributed by atoms with Gasteiger partial charge in [-0.25, -0.2) is 4.79 Å². The van der Waals surface area contributed by atoms with Crippen molar-refractivity contribution in [1.29, 1.82) is 0 Å². The second kappa shape index (κ2) is 4.55. The summed E-state index contributed by atoms with van der Waals surface area (Å²) in [5, 5.41) is 10.8. The summed E-state index contributed by atoms with van der Waals surface area (Å²) < 4.78 is 9.40. The zero-order chi connectivity index (χ0) is 12.4. The van der Waals surface area contributed by atoms with Crippen molar-refractivity contribution in [3.05, 3.63) is 23.2 Å². The standard InChI is InChI=1S/C11H10ClNO4/c1-2-16-11(15)17-10-9(14)7-5-6(12)3-4-8(7)13-10/h3-5,13-14H,2H2,1H3. The minimum Gasteiger partial charge on any atom is -0.503 e. The first-order valence-corrected chi connectivity index (χ1v) is 5.34. The molecule has 1 aromatic heterocycles. The number of benzene rings is 1. The number of rotatable bonds is 2. The number of aromatic nitrogens is 1. The number of H-pyrrole nitrogens is 1. The van der Waals surface area contributed by atoms with Crippen LogP contribution >= 0.6 is 11.6 Å². The van der Waals surface area contributed by atoms with Crippen LogP contribution in [0.1, 0.15) is 6.92 Å². The molecule has 2 rings (SSSR count). The lowest BCUT2D eigenvalue weighted by atomic mass is 10.2. The smallest absolute Gasteiger partial charge is 0.503 e. The van der Waals surface area contributed by atoms with E-state index in [0.717, 1.165) is 0 Å². The first-order chi connectivity index (χ1) is 8.11. The van der Waals surface area contributed by atoms with Crippen LogP contribution in [0.5, 0.6) is 11.6 Å².